The molecule has 2 fully saturated rings. The zero-order valence-corrected chi connectivity index (χ0v) is 14.5. The van der Waals surface area contributed by atoms with Gasteiger partial charge in [-0.25, -0.2) is 0 Å². The number of nitrogens with zero attached hydrogens (tertiary/aromatic N) is 3. The number of piperidine rings is 1. The second-order valence-electron chi connectivity index (χ2n) is 6.82. The van der Waals surface area contributed by atoms with Gasteiger partial charge in [0, 0.05) is 39.6 Å². The number of hydrogen-bond donors (Lipinski definition) is 0. The van der Waals surface area contributed by atoms with Crippen molar-refractivity contribution in [3.63, 3.8) is 0 Å². The number of amides is 2. The van der Waals surface area contributed by atoms with E-state index < -0.39 is 0 Å². The summed E-state index contributed by atoms with van der Waals surface area (Å²) in [5.41, 5.74) is 1.14. The fraction of sp³-hybridized carbons (Fsp3) is 0.579. The first-order valence-corrected chi connectivity index (χ1v) is 8.97. The molecular weight excluding hydrogens is 302 g/mol. The highest BCUT2D eigenvalue weighted by atomic mass is 16.2. The van der Waals surface area contributed by atoms with Gasteiger partial charge in [-0.05, 0) is 24.8 Å². The average molecular weight is 329 g/mol. The van der Waals surface area contributed by atoms with E-state index in [0.29, 0.717) is 13.1 Å². The first kappa shape index (κ1) is 17.0. The zero-order valence-electron chi connectivity index (χ0n) is 14.5. The van der Waals surface area contributed by atoms with Gasteiger partial charge in [0.1, 0.15) is 0 Å². The maximum atomic E-state index is 12.5. The lowest BCUT2D eigenvalue weighted by molar-refractivity contribution is -0.137. The Morgan fingerprint density at radius 3 is 2.38 bits per heavy atom. The Labute approximate surface area is 144 Å². The Morgan fingerprint density at radius 1 is 1.00 bits per heavy atom. The molecule has 0 bridgehead atoms. The lowest BCUT2D eigenvalue weighted by atomic mass is 10.0. The molecule has 2 aliphatic rings. The molecule has 2 aliphatic heterocycles. The largest absolute Gasteiger partial charge is 0.342 e. The summed E-state index contributed by atoms with van der Waals surface area (Å²) in [7, 11) is 0. The first-order chi connectivity index (χ1) is 11.6. The third-order valence-corrected chi connectivity index (χ3v) is 5.12. The molecule has 2 amide bonds. The van der Waals surface area contributed by atoms with Crippen molar-refractivity contribution >= 4 is 11.8 Å². The third kappa shape index (κ3) is 3.96. The molecular formula is C19H27N3O2. The Morgan fingerprint density at radius 2 is 1.71 bits per heavy atom. The van der Waals surface area contributed by atoms with Gasteiger partial charge in [-0.1, -0.05) is 30.3 Å². The van der Waals surface area contributed by atoms with E-state index in [2.05, 4.69) is 17.0 Å². The average Bonchev–Trinajstić information content (AvgIpc) is 2.63. The van der Waals surface area contributed by atoms with Gasteiger partial charge < -0.3 is 9.80 Å². The van der Waals surface area contributed by atoms with Crippen LogP contribution in [0, 0.1) is 0 Å². The lowest BCUT2D eigenvalue weighted by Gasteiger charge is -2.41. The summed E-state index contributed by atoms with van der Waals surface area (Å²) in [6, 6.07) is 10.2. The second-order valence-corrected chi connectivity index (χ2v) is 6.82. The number of rotatable bonds is 3. The van der Waals surface area contributed by atoms with Crippen LogP contribution in [0.2, 0.25) is 0 Å². The van der Waals surface area contributed by atoms with Crippen LogP contribution in [0.5, 0.6) is 0 Å². The maximum absolute atomic E-state index is 12.5. The Balaban J connectivity index is 1.66. The van der Waals surface area contributed by atoms with Gasteiger partial charge in [0.25, 0.3) is 0 Å². The highest BCUT2D eigenvalue weighted by Crippen LogP contribution is 2.25. The SMILES string of the molecule is CC(=O)N1CCN(CC(=O)N2CCCCC2)C[C@H]1c1ccccc1. The Kier molecular flexibility index (Phi) is 5.51. The van der Waals surface area contributed by atoms with Crippen LogP contribution in [0.25, 0.3) is 0 Å². The van der Waals surface area contributed by atoms with Gasteiger partial charge in [-0.3, -0.25) is 14.5 Å². The van der Waals surface area contributed by atoms with E-state index in [1.165, 1.54) is 6.42 Å². The molecule has 2 saturated heterocycles. The van der Waals surface area contributed by atoms with Crippen molar-refractivity contribution in [2.24, 2.45) is 0 Å². The van der Waals surface area contributed by atoms with E-state index >= 15 is 0 Å². The van der Waals surface area contributed by atoms with Crippen LogP contribution in [-0.4, -0.2) is 65.8 Å². The molecule has 3 rings (SSSR count). The molecule has 1 aromatic rings. The minimum atomic E-state index is 0.0339. The minimum Gasteiger partial charge on any atom is -0.342 e. The van der Waals surface area contributed by atoms with Crippen LogP contribution in [0.1, 0.15) is 37.8 Å². The number of benzene rings is 1. The van der Waals surface area contributed by atoms with Crippen molar-refractivity contribution in [3.05, 3.63) is 35.9 Å². The quantitative estimate of drug-likeness (QED) is 0.851. The third-order valence-electron chi connectivity index (χ3n) is 5.12. The lowest BCUT2D eigenvalue weighted by Crippen LogP contribution is -2.53. The van der Waals surface area contributed by atoms with Crippen molar-refractivity contribution in [3.8, 4) is 0 Å². The highest BCUT2D eigenvalue weighted by molar-refractivity contribution is 5.78. The molecule has 0 saturated carbocycles. The molecule has 0 spiro atoms. The monoisotopic (exact) mass is 329 g/mol. The molecule has 0 radical (unpaired) electrons. The molecule has 5 nitrogen and oxygen atoms in total. The van der Waals surface area contributed by atoms with Gasteiger partial charge >= 0.3 is 0 Å². The molecule has 5 heteroatoms. The van der Waals surface area contributed by atoms with Gasteiger partial charge in [0.15, 0.2) is 0 Å². The Hall–Kier alpha value is -1.88. The van der Waals surface area contributed by atoms with E-state index in [9.17, 15) is 9.59 Å². The summed E-state index contributed by atoms with van der Waals surface area (Å²) < 4.78 is 0. The van der Waals surface area contributed by atoms with E-state index in [-0.39, 0.29) is 17.9 Å². The standard InChI is InChI=1S/C19H27N3O2/c1-16(23)22-13-12-20(14-18(22)17-8-4-2-5-9-17)15-19(24)21-10-6-3-7-11-21/h2,4-5,8-9,18H,3,6-7,10-15H2,1H3/t18-/m0/s1. The number of piperazine rings is 1. The molecule has 0 aromatic heterocycles. The van der Waals surface area contributed by atoms with E-state index in [0.717, 1.165) is 44.6 Å². The number of likely N-dealkylation sites (tertiary alicyclic amines) is 1. The van der Waals surface area contributed by atoms with E-state index in [1.807, 2.05) is 28.0 Å². The predicted molar refractivity (Wildman–Crippen MR) is 93.4 cm³/mol. The molecule has 0 aliphatic carbocycles. The van der Waals surface area contributed by atoms with Crippen molar-refractivity contribution in [2.75, 3.05) is 39.3 Å². The fourth-order valence-corrected chi connectivity index (χ4v) is 3.76. The summed E-state index contributed by atoms with van der Waals surface area (Å²) in [5, 5.41) is 0. The van der Waals surface area contributed by atoms with E-state index in [1.54, 1.807) is 6.92 Å². The maximum Gasteiger partial charge on any atom is 0.236 e. The number of carbonyl (C=O) groups excluding carboxylic acids is 2. The second kappa shape index (κ2) is 7.79. The highest BCUT2D eigenvalue weighted by Gasteiger charge is 2.31. The zero-order chi connectivity index (χ0) is 16.9. The fourth-order valence-electron chi connectivity index (χ4n) is 3.76. The minimum absolute atomic E-state index is 0.0339. The molecule has 0 unspecified atom stereocenters. The molecule has 2 heterocycles. The molecule has 130 valence electrons. The van der Waals surface area contributed by atoms with Gasteiger partial charge in [-0.15, -0.1) is 0 Å². The molecule has 1 aromatic carbocycles. The van der Waals surface area contributed by atoms with Crippen LogP contribution in [0.3, 0.4) is 0 Å². The van der Waals surface area contributed by atoms with Crippen LogP contribution in [-0.2, 0) is 9.59 Å². The van der Waals surface area contributed by atoms with Crippen molar-refractivity contribution in [1.82, 2.24) is 14.7 Å². The summed E-state index contributed by atoms with van der Waals surface area (Å²) in [6.07, 6.45) is 3.48. The first-order valence-electron chi connectivity index (χ1n) is 8.97. The molecule has 24 heavy (non-hydrogen) atoms. The molecule has 0 N–H and O–H groups in total. The summed E-state index contributed by atoms with van der Waals surface area (Å²) >= 11 is 0. The number of hydrogen-bond acceptors (Lipinski definition) is 3. The summed E-state index contributed by atoms with van der Waals surface area (Å²) in [6.45, 7) is 6.07. The topological polar surface area (TPSA) is 43.9 Å². The van der Waals surface area contributed by atoms with Crippen molar-refractivity contribution < 1.29 is 9.59 Å². The normalized spacial score (nSPS) is 22.5. The van der Waals surface area contributed by atoms with Crippen molar-refractivity contribution in [1.29, 1.82) is 0 Å². The van der Waals surface area contributed by atoms with Gasteiger partial charge in [0.05, 0.1) is 12.6 Å². The van der Waals surface area contributed by atoms with Crippen LogP contribution in [0.4, 0.5) is 0 Å². The van der Waals surface area contributed by atoms with Gasteiger partial charge in [0.2, 0.25) is 11.8 Å². The van der Waals surface area contributed by atoms with Crippen molar-refractivity contribution in [2.45, 2.75) is 32.2 Å². The van der Waals surface area contributed by atoms with E-state index in [4.69, 9.17) is 0 Å². The summed E-state index contributed by atoms with van der Waals surface area (Å²) in [4.78, 5) is 30.6. The van der Waals surface area contributed by atoms with Crippen LogP contribution in [0.15, 0.2) is 30.3 Å². The predicted octanol–water partition coefficient (Wildman–Crippen LogP) is 1.90. The van der Waals surface area contributed by atoms with Crippen LogP contribution < -0.4 is 0 Å². The van der Waals surface area contributed by atoms with Crippen LogP contribution >= 0.6 is 0 Å². The molecule has 1 atom stereocenters. The Bertz CT molecular complexity index is 569. The smallest absolute Gasteiger partial charge is 0.236 e. The summed E-state index contributed by atoms with van der Waals surface area (Å²) in [5.74, 6) is 0.337. The van der Waals surface area contributed by atoms with Gasteiger partial charge in [-0.2, -0.15) is 0 Å². The number of carbonyl (C=O) groups is 2.